The minimum absolute atomic E-state index is 0.660. The molecule has 3 heteroatoms. The van der Waals surface area contributed by atoms with Crippen molar-refractivity contribution in [1.82, 2.24) is 0 Å². The number of ether oxygens (including phenoxy) is 2. The normalized spacial score (nSPS) is 9.79. The summed E-state index contributed by atoms with van der Waals surface area (Å²) in [5, 5.41) is 8.36. The van der Waals surface area contributed by atoms with Crippen LogP contribution in [-0.2, 0) is 0 Å². The SMILES string of the molecule is COc1ccc(/C=C\C#N)cc1OC. The van der Waals surface area contributed by atoms with Gasteiger partial charge < -0.3 is 9.47 Å². The molecular weight excluding hydrogens is 178 g/mol. The molecule has 0 aliphatic rings. The lowest BCUT2D eigenvalue weighted by Crippen LogP contribution is -1.90. The Morgan fingerprint density at radius 1 is 1.21 bits per heavy atom. The second kappa shape index (κ2) is 4.93. The largest absolute Gasteiger partial charge is 0.493 e. The number of hydrogen-bond donors (Lipinski definition) is 0. The zero-order valence-electron chi connectivity index (χ0n) is 8.15. The third-order valence-corrected chi connectivity index (χ3v) is 1.76. The van der Waals surface area contributed by atoms with Crippen molar-refractivity contribution in [2.45, 2.75) is 0 Å². The fraction of sp³-hybridized carbons (Fsp3) is 0.182. The lowest BCUT2D eigenvalue weighted by Gasteiger charge is -2.07. The molecule has 1 aromatic rings. The van der Waals surface area contributed by atoms with Crippen LogP contribution in [0, 0.1) is 11.3 Å². The van der Waals surface area contributed by atoms with Crippen LogP contribution in [0.3, 0.4) is 0 Å². The Morgan fingerprint density at radius 2 is 1.93 bits per heavy atom. The first-order valence-electron chi connectivity index (χ1n) is 4.10. The quantitative estimate of drug-likeness (QED) is 0.685. The van der Waals surface area contributed by atoms with Crippen LogP contribution >= 0.6 is 0 Å². The van der Waals surface area contributed by atoms with Gasteiger partial charge in [-0.15, -0.1) is 0 Å². The van der Waals surface area contributed by atoms with Crippen LogP contribution in [0.5, 0.6) is 11.5 Å². The number of hydrogen-bond acceptors (Lipinski definition) is 3. The minimum Gasteiger partial charge on any atom is -0.493 e. The molecule has 72 valence electrons. The maximum absolute atomic E-state index is 8.36. The highest BCUT2D eigenvalue weighted by molar-refractivity contribution is 5.57. The first-order chi connectivity index (χ1) is 6.81. The van der Waals surface area contributed by atoms with Crippen LogP contribution in [0.15, 0.2) is 24.3 Å². The Balaban J connectivity index is 3.02. The summed E-state index contributed by atoms with van der Waals surface area (Å²) in [4.78, 5) is 0. The highest BCUT2D eigenvalue weighted by Gasteiger charge is 2.01. The molecule has 0 atom stereocenters. The van der Waals surface area contributed by atoms with E-state index < -0.39 is 0 Å². The molecule has 1 aromatic carbocycles. The molecule has 0 N–H and O–H groups in total. The Bertz CT molecular complexity index is 377. The lowest BCUT2D eigenvalue weighted by atomic mass is 10.2. The molecule has 3 nitrogen and oxygen atoms in total. The number of nitrogens with zero attached hydrogens (tertiary/aromatic N) is 1. The van der Waals surface area contributed by atoms with Crippen LogP contribution < -0.4 is 9.47 Å². The molecule has 0 bridgehead atoms. The van der Waals surface area contributed by atoms with E-state index in [2.05, 4.69) is 0 Å². The van der Waals surface area contributed by atoms with E-state index in [4.69, 9.17) is 14.7 Å². The van der Waals surface area contributed by atoms with Crippen molar-refractivity contribution in [1.29, 1.82) is 5.26 Å². The molecule has 0 aromatic heterocycles. The number of methoxy groups -OCH3 is 2. The lowest BCUT2D eigenvalue weighted by molar-refractivity contribution is 0.355. The van der Waals surface area contributed by atoms with Crippen LogP contribution in [0.1, 0.15) is 5.56 Å². The van der Waals surface area contributed by atoms with Gasteiger partial charge in [0.05, 0.1) is 20.3 Å². The van der Waals surface area contributed by atoms with Crippen LogP contribution in [0.4, 0.5) is 0 Å². The summed E-state index contributed by atoms with van der Waals surface area (Å²) in [6.07, 6.45) is 3.13. The molecule has 1 rings (SSSR count). The Kier molecular flexibility index (Phi) is 3.57. The van der Waals surface area contributed by atoms with E-state index in [1.807, 2.05) is 18.2 Å². The first-order valence-corrected chi connectivity index (χ1v) is 4.10. The molecule has 0 saturated heterocycles. The zero-order chi connectivity index (χ0) is 10.4. The molecule has 14 heavy (non-hydrogen) atoms. The standard InChI is InChI=1S/C11H11NO2/c1-13-10-6-5-9(4-3-7-12)8-11(10)14-2/h3-6,8H,1-2H3/b4-3-. The summed E-state index contributed by atoms with van der Waals surface area (Å²) in [6.45, 7) is 0. The van der Waals surface area contributed by atoms with Gasteiger partial charge in [0.2, 0.25) is 0 Å². The third-order valence-electron chi connectivity index (χ3n) is 1.76. The van der Waals surface area contributed by atoms with Crippen molar-refractivity contribution in [2.24, 2.45) is 0 Å². The maximum Gasteiger partial charge on any atom is 0.161 e. The van der Waals surface area contributed by atoms with Crippen molar-refractivity contribution in [3.63, 3.8) is 0 Å². The van der Waals surface area contributed by atoms with E-state index in [9.17, 15) is 0 Å². The fourth-order valence-corrected chi connectivity index (χ4v) is 1.09. The molecule has 0 radical (unpaired) electrons. The van der Waals surface area contributed by atoms with Gasteiger partial charge in [-0.2, -0.15) is 5.26 Å². The second-order valence-electron chi connectivity index (χ2n) is 2.58. The van der Waals surface area contributed by atoms with E-state index in [1.54, 1.807) is 26.4 Å². The average Bonchev–Trinajstić information content (AvgIpc) is 2.25. The summed E-state index contributed by atoms with van der Waals surface area (Å²) in [7, 11) is 3.16. The monoisotopic (exact) mass is 189 g/mol. The van der Waals surface area contributed by atoms with Crippen LogP contribution in [0.2, 0.25) is 0 Å². The predicted octanol–water partition coefficient (Wildman–Crippen LogP) is 2.24. The smallest absolute Gasteiger partial charge is 0.161 e. The van der Waals surface area contributed by atoms with E-state index in [0.29, 0.717) is 11.5 Å². The molecule has 0 unspecified atom stereocenters. The van der Waals surface area contributed by atoms with E-state index in [0.717, 1.165) is 5.56 Å². The number of benzene rings is 1. The van der Waals surface area contributed by atoms with Gasteiger partial charge in [-0.05, 0) is 23.8 Å². The third kappa shape index (κ3) is 2.27. The molecule has 0 spiro atoms. The highest BCUT2D eigenvalue weighted by Crippen LogP contribution is 2.27. The van der Waals surface area contributed by atoms with Crippen LogP contribution in [0.25, 0.3) is 6.08 Å². The molecule has 0 heterocycles. The fourth-order valence-electron chi connectivity index (χ4n) is 1.09. The van der Waals surface area contributed by atoms with Gasteiger partial charge in [0.25, 0.3) is 0 Å². The summed E-state index contributed by atoms with van der Waals surface area (Å²) in [6, 6.07) is 7.40. The molecule has 0 fully saturated rings. The Hall–Kier alpha value is -1.95. The van der Waals surface area contributed by atoms with E-state index in [-0.39, 0.29) is 0 Å². The number of nitriles is 1. The molecule has 0 saturated carbocycles. The summed E-state index contributed by atoms with van der Waals surface area (Å²) >= 11 is 0. The van der Waals surface area contributed by atoms with Crippen LogP contribution in [-0.4, -0.2) is 14.2 Å². The zero-order valence-corrected chi connectivity index (χ0v) is 8.15. The van der Waals surface area contributed by atoms with Gasteiger partial charge in [0, 0.05) is 6.08 Å². The van der Waals surface area contributed by atoms with Gasteiger partial charge in [-0.3, -0.25) is 0 Å². The Morgan fingerprint density at radius 3 is 2.50 bits per heavy atom. The van der Waals surface area contributed by atoms with Gasteiger partial charge >= 0.3 is 0 Å². The van der Waals surface area contributed by atoms with Crippen molar-refractivity contribution < 1.29 is 9.47 Å². The number of allylic oxidation sites excluding steroid dienone is 1. The van der Waals surface area contributed by atoms with Gasteiger partial charge in [0.15, 0.2) is 11.5 Å². The Labute approximate surface area is 83.2 Å². The topological polar surface area (TPSA) is 42.2 Å². The van der Waals surface area contributed by atoms with Crippen molar-refractivity contribution in [2.75, 3.05) is 14.2 Å². The van der Waals surface area contributed by atoms with Crippen molar-refractivity contribution in [3.05, 3.63) is 29.8 Å². The maximum atomic E-state index is 8.36. The molecule has 0 aliphatic heterocycles. The van der Waals surface area contributed by atoms with Gasteiger partial charge in [0.1, 0.15) is 0 Å². The average molecular weight is 189 g/mol. The number of rotatable bonds is 3. The van der Waals surface area contributed by atoms with Crippen molar-refractivity contribution in [3.8, 4) is 17.6 Å². The van der Waals surface area contributed by atoms with E-state index >= 15 is 0 Å². The van der Waals surface area contributed by atoms with Crippen molar-refractivity contribution >= 4 is 6.08 Å². The predicted molar refractivity (Wildman–Crippen MR) is 54.2 cm³/mol. The highest BCUT2D eigenvalue weighted by atomic mass is 16.5. The minimum atomic E-state index is 0.660. The van der Waals surface area contributed by atoms with Gasteiger partial charge in [-0.25, -0.2) is 0 Å². The molecule has 0 amide bonds. The molecular formula is C11H11NO2. The summed E-state index contributed by atoms with van der Waals surface area (Å²) in [5.41, 5.74) is 0.907. The first kappa shape index (κ1) is 10.1. The summed E-state index contributed by atoms with van der Waals surface area (Å²) < 4.78 is 10.2. The molecule has 0 aliphatic carbocycles. The van der Waals surface area contributed by atoms with E-state index in [1.165, 1.54) is 6.08 Å². The van der Waals surface area contributed by atoms with Gasteiger partial charge in [-0.1, -0.05) is 6.07 Å². The summed E-state index contributed by atoms with van der Waals surface area (Å²) in [5.74, 6) is 1.34. The second-order valence-corrected chi connectivity index (χ2v) is 2.58.